The zero-order valence-corrected chi connectivity index (χ0v) is 39.3. The van der Waals surface area contributed by atoms with Gasteiger partial charge in [0.25, 0.3) is 11.8 Å². The summed E-state index contributed by atoms with van der Waals surface area (Å²) in [5.41, 5.74) is -5.99. The molecule has 0 saturated carbocycles. The lowest BCUT2D eigenvalue weighted by Crippen LogP contribution is -2.72. The maximum Gasteiger partial charge on any atom is 0.534 e. The Bertz CT molecular complexity index is 3070. The summed E-state index contributed by atoms with van der Waals surface area (Å²) < 4.78 is 68.1. The molecule has 71 heavy (non-hydrogen) atoms. The van der Waals surface area contributed by atoms with E-state index in [1.54, 1.807) is 0 Å². The van der Waals surface area contributed by atoms with E-state index in [4.69, 9.17) is 21.4 Å². The van der Waals surface area contributed by atoms with Crippen LogP contribution in [0.2, 0.25) is 4.34 Å². The first kappa shape index (κ1) is 48.2. The van der Waals surface area contributed by atoms with Crippen LogP contribution >= 0.6 is 22.9 Å². The smallest absolute Gasteiger partial charge is 0.476 e. The molecule has 360 valence electrons. The van der Waals surface area contributed by atoms with Crippen molar-refractivity contribution >= 4 is 61.7 Å². The molecule has 9 rings (SSSR count). The number of amides is 2. The van der Waals surface area contributed by atoms with E-state index in [0.717, 1.165) is 28.0 Å². The minimum Gasteiger partial charge on any atom is -0.476 e. The van der Waals surface area contributed by atoms with Crippen LogP contribution in [-0.4, -0.2) is 64.5 Å². The summed E-state index contributed by atoms with van der Waals surface area (Å²) in [7, 11) is -6.29. The third kappa shape index (κ3) is 9.01. The number of fused-ring (bicyclic) bond motifs is 1. The number of aromatic nitrogens is 1. The van der Waals surface area contributed by atoms with E-state index in [9.17, 15) is 36.3 Å². The first-order valence-electron chi connectivity index (χ1n) is 21.8. The van der Waals surface area contributed by atoms with Gasteiger partial charge in [-0.25, -0.2) is 9.78 Å². The minimum absolute atomic E-state index is 0.0270. The Balaban J connectivity index is 1.17. The Kier molecular flexibility index (Phi) is 13.3. The molecule has 0 aliphatic carbocycles. The number of carbonyl (C=O) groups excluding carboxylic acids is 2. The number of carbonyl (C=O) groups is 3. The topological polar surface area (TPSA) is 177 Å². The number of carboxylic acid groups (broad SMARTS) is 1. The summed E-state index contributed by atoms with van der Waals surface area (Å²) >= 11 is 8.14. The average Bonchev–Trinajstić information content (AvgIpc) is 3.75. The number of nitrogens with one attached hydrogen (secondary N) is 2. The third-order valence-corrected chi connectivity index (χ3v) is 14.3. The maximum atomic E-state index is 15.0. The number of nitrogens with zero attached hydrogens (tertiary/aromatic N) is 3. The van der Waals surface area contributed by atoms with E-state index in [-0.39, 0.29) is 21.6 Å². The zero-order chi connectivity index (χ0) is 50.0. The van der Waals surface area contributed by atoms with Gasteiger partial charge in [-0.3, -0.25) is 14.5 Å². The number of halogens is 4. The van der Waals surface area contributed by atoms with Crippen molar-refractivity contribution in [1.29, 1.82) is 0 Å². The molecule has 0 bridgehead atoms. The van der Waals surface area contributed by atoms with Gasteiger partial charge in [-0.1, -0.05) is 210 Å². The molecule has 0 radical (unpaired) electrons. The molecule has 1 saturated heterocycles. The van der Waals surface area contributed by atoms with Crippen molar-refractivity contribution in [3.8, 4) is 0 Å². The first-order valence-corrected chi connectivity index (χ1v) is 24.4. The Morgan fingerprint density at radius 3 is 1.55 bits per heavy atom. The van der Waals surface area contributed by atoms with E-state index in [1.165, 1.54) is 0 Å². The van der Waals surface area contributed by atoms with Crippen molar-refractivity contribution in [2.75, 3.05) is 5.32 Å². The minimum atomic E-state index is -6.29. The number of hydrogen-bond donors (Lipinski definition) is 3. The molecule has 0 spiro atoms. The predicted molar refractivity (Wildman–Crippen MR) is 259 cm³/mol. The van der Waals surface area contributed by atoms with Crippen molar-refractivity contribution < 1.29 is 50.1 Å². The molecule has 2 amide bonds. The molecule has 3 heterocycles. The highest BCUT2D eigenvalue weighted by Gasteiger charge is 2.57. The van der Waals surface area contributed by atoms with E-state index in [1.807, 2.05) is 182 Å². The molecule has 2 aliphatic heterocycles. The summed E-state index contributed by atoms with van der Waals surface area (Å²) in [4.78, 5) is 53.6. The lowest BCUT2D eigenvalue weighted by Gasteiger charge is -2.49. The van der Waals surface area contributed by atoms with Gasteiger partial charge in [-0.05, 0) is 23.1 Å². The number of hydrogen-bond acceptors (Lipinski definition) is 11. The Labute approximate surface area is 414 Å². The maximum absolute atomic E-state index is 15.0. The molecule has 7 aromatic rings. The van der Waals surface area contributed by atoms with Crippen LogP contribution in [0.25, 0.3) is 0 Å². The second kappa shape index (κ2) is 19.5. The molecule has 13 nitrogen and oxygen atoms in total. The summed E-state index contributed by atoms with van der Waals surface area (Å²) in [6.45, 7) is 0. The highest BCUT2D eigenvalue weighted by Crippen LogP contribution is 2.45. The fourth-order valence-corrected chi connectivity index (χ4v) is 10.5. The Morgan fingerprint density at radius 2 is 1.14 bits per heavy atom. The summed E-state index contributed by atoms with van der Waals surface area (Å²) in [5.74, 6) is -5.15. The highest BCUT2D eigenvalue weighted by atomic mass is 35.5. The van der Waals surface area contributed by atoms with Crippen LogP contribution in [-0.2, 0) is 44.7 Å². The number of oxime groups is 1. The molecule has 2 aliphatic rings. The van der Waals surface area contributed by atoms with Gasteiger partial charge in [-0.15, -0.1) is 0 Å². The van der Waals surface area contributed by atoms with E-state index >= 15 is 4.79 Å². The Hall–Kier alpha value is -7.80. The van der Waals surface area contributed by atoms with Crippen LogP contribution in [0, 0.1) is 0 Å². The second-order valence-electron chi connectivity index (χ2n) is 16.3. The van der Waals surface area contributed by atoms with Crippen molar-refractivity contribution in [3.05, 3.63) is 237 Å². The standard InChI is InChI=1S/C52H39ClF3N5O8S2/c53-45-42(58-49(70-45)59-50(33-19-7-1-8-20-33,34-21-9-2-10-22-34)35-23-11-3-12-24-35)43(60-69-51(36-25-13-4-14-26-36,37-27-15-5-16-28-37)38-29-17-6-18-30-38)46(62)57-41-39-31-32-40(68-71(66,67)52(54,55)56)44(48(64)65)61(39)47(41)63/h1-30,39,41H,31-32H2,(H,57,62)(H,58,59)(H,64,65)/t39-,41+/m1/s1. The van der Waals surface area contributed by atoms with Gasteiger partial charge in [0, 0.05) is 23.1 Å². The van der Waals surface area contributed by atoms with Gasteiger partial charge in [0.15, 0.2) is 22.3 Å². The van der Waals surface area contributed by atoms with Gasteiger partial charge in [0.05, 0.1) is 6.04 Å². The quantitative estimate of drug-likeness (QED) is 0.0211. The van der Waals surface area contributed by atoms with Crippen LogP contribution in [0.4, 0.5) is 18.3 Å². The van der Waals surface area contributed by atoms with Gasteiger partial charge in [0.2, 0.25) is 5.60 Å². The molecule has 6 aromatic carbocycles. The van der Waals surface area contributed by atoms with Gasteiger partial charge >= 0.3 is 21.6 Å². The number of rotatable bonds is 16. The lowest BCUT2D eigenvalue weighted by atomic mass is 9.77. The average molecular weight is 1020 g/mol. The SMILES string of the molecule is O=C(O)C1=C(OS(=O)(=O)C(F)(F)F)CC[C@@H]2[C@H](NC(=O)C(=NOC(c3ccccc3)(c3ccccc3)c3ccccc3)c3nc(NC(c4ccccc4)(c4ccccc4)c4ccccc4)sc3Cl)C(=O)N12. The van der Waals surface area contributed by atoms with Gasteiger partial charge in [-0.2, -0.15) is 21.6 Å². The van der Waals surface area contributed by atoms with Crippen LogP contribution in [0.15, 0.2) is 199 Å². The fraction of sp³-hybridized carbons (Fsp3) is 0.135. The molecular formula is C52H39ClF3N5O8S2. The molecule has 1 fully saturated rings. The van der Waals surface area contributed by atoms with Gasteiger partial charge < -0.3 is 24.8 Å². The molecular weight excluding hydrogens is 979 g/mol. The summed E-state index contributed by atoms with van der Waals surface area (Å²) in [5, 5.41) is 21.2. The van der Waals surface area contributed by atoms with Crippen molar-refractivity contribution in [2.45, 2.75) is 41.6 Å². The Morgan fingerprint density at radius 1 is 0.718 bits per heavy atom. The number of carboxylic acids is 1. The normalized spacial score (nSPS) is 16.4. The zero-order valence-electron chi connectivity index (χ0n) is 36.9. The number of β-lactam (4-membered cyclic amide) rings is 1. The van der Waals surface area contributed by atoms with E-state index in [2.05, 4.69) is 20.0 Å². The van der Waals surface area contributed by atoms with E-state index in [0.29, 0.717) is 21.6 Å². The number of benzene rings is 6. The first-order chi connectivity index (χ1) is 34.2. The molecule has 2 atom stereocenters. The number of alkyl halides is 3. The van der Waals surface area contributed by atoms with Crippen molar-refractivity contribution in [2.24, 2.45) is 5.16 Å². The third-order valence-electron chi connectivity index (χ3n) is 12.1. The van der Waals surface area contributed by atoms with Crippen LogP contribution < -0.4 is 10.6 Å². The fourth-order valence-electron chi connectivity index (χ4n) is 8.92. The van der Waals surface area contributed by atoms with E-state index < -0.39 is 80.2 Å². The number of thiazole rings is 1. The largest absolute Gasteiger partial charge is 0.534 e. The number of allylic oxidation sites excluding steroid dienone is 1. The summed E-state index contributed by atoms with van der Waals surface area (Å²) in [6.07, 6.45) is -0.946. The number of aliphatic carboxylic acids is 1. The molecule has 1 aromatic heterocycles. The summed E-state index contributed by atoms with van der Waals surface area (Å²) in [6, 6.07) is 53.7. The predicted octanol–water partition coefficient (Wildman–Crippen LogP) is 9.57. The molecule has 0 unspecified atom stereocenters. The van der Waals surface area contributed by atoms with Crippen molar-refractivity contribution in [3.63, 3.8) is 0 Å². The molecule has 19 heteroatoms. The van der Waals surface area contributed by atoms with Crippen LogP contribution in [0.1, 0.15) is 51.9 Å². The number of anilines is 1. The second-order valence-corrected chi connectivity index (χ2v) is 19.4. The van der Waals surface area contributed by atoms with Crippen molar-refractivity contribution in [1.82, 2.24) is 15.2 Å². The molecule has 3 N–H and O–H groups in total. The van der Waals surface area contributed by atoms with Gasteiger partial charge in [0.1, 0.15) is 21.6 Å². The monoisotopic (exact) mass is 1020 g/mol. The lowest BCUT2D eigenvalue weighted by molar-refractivity contribution is -0.156. The van der Waals surface area contributed by atoms with Crippen LogP contribution in [0.3, 0.4) is 0 Å². The highest BCUT2D eigenvalue weighted by molar-refractivity contribution is 7.87. The van der Waals surface area contributed by atoms with Crippen LogP contribution in [0.5, 0.6) is 0 Å².